The number of anilines is 2. The molecule has 0 fully saturated rings. The largest absolute Gasteiger partial charge is 0.481 e. The van der Waals surface area contributed by atoms with Crippen LogP contribution in [0.25, 0.3) is 0 Å². The van der Waals surface area contributed by atoms with E-state index in [9.17, 15) is 9.59 Å². The van der Waals surface area contributed by atoms with Crippen molar-refractivity contribution in [3.05, 3.63) is 54.1 Å². The van der Waals surface area contributed by atoms with Gasteiger partial charge in [-0.05, 0) is 55.3 Å². The van der Waals surface area contributed by atoms with E-state index in [4.69, 9.17) is 4.74 Å². The number of amides is 2. The molecule has 2 aromatic carbocycles. The van der Waals surface area contributed by atoms with Crippen LogP contribution in [-0.4, -0.2) is 17.9 Å². The van der Waals surface area contributed by atoms with E-state index in [1.807, 2.05) is 38.1 Å². The van der Waals surface area contributed by atoms with Crippen LogP contribution >= 0.6 is 0 Å². The molecule has 0 aromatic heterocycles. The lowest BCUT2D eigenvalue weighted by atomic mass is 10.2. The molecule has 1 atom stereocenters. The summed E-state index contributed by atoms with van der Waals surface area (Å²) in [7, 11) is 0. The van der Waals surface area contributed by atoms with Crippen LogP contribution < -0.4 is 15.4 Å². The molecular formula is C21H26N2O3. The van der Waals surface area contributed by atoms with E-state index in [0.717, 1.165) is 6.42 Å². The Morgan fingerprint density at radius 1 is 0.846 bits per heavy atom. The lowest BCUT2D eigenvalue weighted by Crippen LogP contribution is -2.30. The van der Waals surface area contributed by atoms with Crippen molar-refractivity contribution in [3.8, 4) is 5.75 Å². The van der Waals surface area contributed by atoms with Gasteiger partial charge in [0.25, 0.3) is 5.91 Å². The molecule has 138 valence electrons. The van der Waals surface area contributed by atoms with Gasteiger partial charge in [-0.1, -0.05) is 32.9 Å². The molecule has 5 heteroatoms. The average molecular weight is 354 g/mol. The summed E-state index contributed by atoms with van der Waals surface area (Å²) in [6.07, 6.45) is 0.340. The highest BCUT2D eigenvalue weighted by Crippen LogP contribution is 2.17. The first-order chi connectivity index (χ1) is 12.4. The zero-order valence-electron chi connectivity index (χ0n) is 15.7. The minimum Gasteiger partial charge on any atom is -0.481 e. The van der Waals surface area contributed by atoms with Gasteiger partial charge in [-0.2, -0.15) is 0 Å². The van der Waals surface area contributed by atoms with Gasteiger partial charge in [0.2, 0.25) is 5.91 Å². The molecule has 0 aliphatic heterocycles. The molecule has 2 amide bonds. The molecule has 0 saturated heterocycles. The Kier molecular flexibility index (Phi) is 6.78. The van der Waals surface area contributed by atoms with E-state index in [0.29, 0.717) is 17.1 Å². The summed E-state index contributed by atoms with van der Waals surface area (Å²) >= 11 is 0. The van der Waals surface area contributed by atoms with E-state index in [-0.39, 0.29) is 17.7 Å². The van der Waals surface area contributed by atoms with Crippen LogP contribution in [0, 0.1) is 5.92 Å². The van der Waals surface area contributed by atoms with Gasteiger partial charge in [0.15, 0.2) is 6.10 Å². The maximum Gasteiger partial charge on any atom is 0.265 e. The van der Waals surface area contributed by atoms with Gasteiger partial charge in [0, 0.05) is 17.3 Å². The van der Waals surface area contributed by atoms with Crippen molar-refractivity contribution in [2.75, 3.05) is 10.6 Å². The summed E-state index contributed by atoms with van der Waals surface area (Å²) < 4.78 is 5.68. The van der Waals surface area contributed by atoms with Crippen molar-refractivity contribution in [3.63, 3.8) is 0 Å². The maximum absolute atomic E-state index is 12.3. The van der Waals surface area contributed by atoms with Gasteiger partial charge in [-0.25, -0.2) is 0 Å². The number of carbonyl (C=O) groups excluding carboxylic acids is 2. The molecule has 0 bridgehead atoms. The molecule has 0 aliphatic rings. The smallest absolute Gasteiger partial charge is 0.265 e. The first-order valence-corrected chi connectivity index (χ1v) is 8.86. The summed E-state index contributed by atoms with van der Waals surface area (Å²) in [4.78, 5) is 24.0. The quantitative estimate of drug-likeness (QED) is 0.781. The van der Waals surface area contributed by atoms with Crippen LogP contribution in [0.3, 0.4) is 0 Å². The standard InChI is InChI=1S/C21H26N2O3/c1-5-16-6-12-19(13-7-16)26-15(4)21(25)23-18-10-8-17(9-11-18)22-20(24)14(2)3/h6-15H,5H2,1-4H3,(H,22,24)(H,23,25)/t15-/m1/s1. The fourth-order valence-corrected chi connectivity index (χ4v) is 2.23. The summed E-state index contributed by atoms with van der Waals surface area (Å²) in [5.74, 6) is 0.303. The number of hydrogen-bond acceptors (Lipinski definition) is 3. The van der Waals surface area contributed by atoms with Crippen molar-refractivity contribution in [1.82, 2.24) is 0 Å². The summed E-state index contributed by atoms with van der Waals surface area (Å²) in [6, 6.07) is 14.7. The van der Waals surface area contributed by atoms with Crippen molar-refractivity contribution >= 4 is 23.2 Å². The molecular weight excluding hydrogens is 328 g/mol. The summed E-state index contributed by atoms with van der Waals surface area (Å²) in [6.45, 7) is 7.47. The van der Waals surface area contributed by atoms with Gasteiger partial charge in [0.1, 0.15) is 5.75 Å². The third kappa shape index (κ3) is 5.62. The highest BCUT2D eigenvalue weighted by Gasteiger charge is 2.15. The van der Waals surface area contributed by atoms with Crippen LogP contribution in [0.5, 0.6) is 5.75 Å². The number of carbonyl (C=O) groups is 2. The molecule has 26 heavy (non-hydrogen) atoms. The van der Waals surface area contributed by atoms with Crippen LogP contribution in [0.2, 0.25) is 0 Å². The lowest BCUT2D eigenvalue weighted by Gasteiger charge is -2.15. The van der Waals surface area contributed by atoms with Crippen LogP contribution in [0.4, 0.5) is 11.4 Å². The Balaban J connectivity index is 1.90. The fourth-order valence-electron chi connectivity index (χ4n) is 2.23. The third-order valence-corrected chi connectivity index (χ3v) is 3.96. The number of nitrogens with one attached hydrogen (secondary N) is 2. The van der Waals surface area contributed by atoms with Gasteiger partial charge in [-0.15, -0.1) is 0 Å². The molecule has 5 nitrogen and oxygen atoms in total. The Hall–Kier alpha value is -2.82. The highest BCUT2D eigenvalue weighted by molar-refractivity contribution is 5.95. The lowest BCUT2D eigenvalue weighted by molar-refractivity contribution is -0.122. The normalized spacial score (nSPS) is 11.7. The van der Waals surface area contributed by atoms with Gasteiger partial charge in [0.05, 0.1) is 0 Å². The van der Waals surface area contributed by atoms with E-state index in [1.54, 1.807) is 31.2 Å². The molecule has 0 heterocycles. The van der Waals surface area contributed by atoms with Gasteiger partial charge < -0.3 is 15.4 Å². The Morgan fingerprint density at radius 2 is 1.35 bits per heavy atom. The van der Waals surface area contributed by atoms with Crippen molar-refractivity contribution in [2.45, 2.75) is 40.2 Å². The van der Waals surface area contributed by atoms with E-state index < -0.39 is 6.10 Å². The van der Waals surface area contributed by atoms with E-state index in [2.05, 4.69) is 17.6 Å². The minimum atomic E-state index is -0.622. The number of benzene rings is 2. The molecule has 0 spiro atoms. The van der Waals surface area contributed by atoms with Crippen molar-refractivity contribution in [2.24, 2.45) is 5.92 Å². The number of ether oxygens (including phenoxy) is 1. The van der Waals surface area contributed by atoms with E-state index >= 15 is 0 Å². The Labute approximate surface area is 154 Å². The average Bonchev–Trinajstić information content (AvgIpc) is 2.63. The molecule has 2 rings (SSSR count). The second-order valence-electron chi connectivity index (χ2n) is 6.47. The molecule has 0 aliphatic carbocycles. The predicted octanol–water partition coefficient (Wildman–Crippen LogP) is 4.25. The SMILES string of the molecule is CCc1ccc(O[C@H](C)C(=O)Nc2ccc(NC(=O)C(C)C)cc2)cc1. The van der Waals surface area contributed by atoms with Gasteiger partial charge in [-0.3, -0.25) is 9.59 Å². The summed E-state index contributed by atoms with van der Waals surface area (Å²) in [5, 5.41) is 5.62. The maximum atomic E-state index is 12.3. The molecule has 0 saturated carbocycles. The second kappa shape index (κ2) is 9.04. The zero-order chi connectivity index (χ0) is 19.1. The van der Waals surface area contributed by atoms with Gasteiger partial charge >= 0.3 is 0 Å². The Morgan fingerprint density at radius 3 is 1.81 bits per heavy atom. The third-order valence-electron chi connectivity index (χ3n) is 3.96. The molecule has 0 unspecified atom stereocenters. The van der Waals surface area contributed by atoms with Crippen molar-refractivity contribution < 1.29 is 14.3 Å². The van der Waals surface area contributed by atoms with Crippen LogP contribution in [0.15, 0.2) is 48.5 Å². The van der Waals surface area contributed by atoms with Crippen LogP contribution in [0.1, 0.15) is 33.3 Å². The van der Waals surface area contributed by atoms with Crippen molar-refractivity contribution in [1.29, 1.82) is 0 Å². The number of hydrogen-bond donors (Lipinski definition) is 2. The molecule has 2 aromatic rings. The first kappa shape index (κ1) is 19.5. The Bertz CT molecular complexity index is 737. The summed E-state index contributed by atoms with van der Waals surface area (Å²) in [5.41, 5.74) is 2.57. The predicted molar refractivity (Wildman–Crippen MR) is 104 cm³/mol. The molecule has 0 radical (unpaired) electrons. The molecule has 2 N–H and O–H groups in total. The minimum absolute atomic E-state index is 0.0436. The second-order valence-corrected chi connectivity index (χ2v) is 6.47. The fraction of sp³-hybridized carbons (Fsp3) is 0.333. The first-order valence-electron chi connectivity index (χ1n) is 8.86. The number of rotatable bonds is 7. The van der Waals surface area contributed by atoms with E-state index in [1.165, 1.54) is 5.56 Å². The zero-order valence-corrected chi connectivity index (χ0v) is 15.7. The topological polar surface area (TPSA) is 67.4 Å². The monoisotopic (exact) mass is 354 g/mol. The van der Waals surface area contributed by atoms with Crippen LogP contribution in [-0.2, 0) is 16.0 Å². The number of aryl methyl sites for hydroxylation is 1. The highest BCUT2D eigenvalue weighted by atomic mass is 16.5.